The van der Waals surface area contributed by atoms with Gasteiger partial charge in [0.1, 0.15) is 17.0 Å². The summed E-state index contributed by atoms with van der Waals surface area (Å²) >= 11 is 0. The van der Waals surface area contributed by atoms with Gasteiger partial charge in [0.05, 0.1) is 24.4 Å². The third-order valence-corrected chi connectivity index (χ3v) is 4.01. The van der Waals surface area contributed by atoms with E-state index in [9.17, 15) is 13.2 Å². The molecule has 1 fully saturated rings. The second kappa shape index (κ2) is 5.79. The molecule has 1 aromatic carbocycles. The van der Waals surface area contributed by atoms with Crippen molar-refractivity contribution in [1.29, 1.82) is 0 Å². The smallest absolute Gasteiger partial charge is 0.208 e. The molecule has 124 valence electrons. The van der Waals surface area contributed by atoms with Crippen LogP contribution in [0.2, 0.25) is 0 Å². The number of hydrogen-bond donors (Lipinski definition) is 1. The molecule has 1 atom stereocenters. The van der Waals surface area contributed by atoms with Crippen LogP contribution in [-0.4, -0.2) is 27.7 Å². The van der Waals surface area contributed by atoms with Gasteiger partial charge < -0.3 is 14.6 Å². The predicted octanol–water partition coefficient (Wildman–Crippen LogP) is 3.55. The standard InChI is InChI=1S/C16H13F3N4O/c17-9-5-11(18)15(12(19)6-9)22-16-21-13-7-20-3-1-14(13)23(16)10-2-4-24-8-10/h1,3,5-7,10H,2,4,8H2,(H,21,22). The van der Waals surface area contributed by atoms with Gasteiger partial charge in [0.25, 0.3) is 0 Å². The Kier molecular flexibility index (Phi) is 3.61. The van der Waals surface area contributed by atoms with Crippen LogP contribution in [0.3, 0.4) is 0 Å². The highest BCUT2D eigenvalue weighted by molar-refractivity contribution is 5.79. The predicted molar refractivity (Wildman–Crippen MR) is 81.6 cm³/mol. The number of halogens is 3. The summed E-state index contributed by atoms with van der Waals surface area (Å²) in [5, 5.41) is 2.65. The highest BCUT2D eigenvalue weighted by Gasteiger charge is 2.24. The van der Waals surface area contributed by atoms with Crippen LogP contribution in [-0.2, 0) is 4.74 Å². The van der Waals surface area contributed by atoms with Crippen LogP contribution in [0.25, 0.3) is 11.0 Å². The van der Waals surface area contributed by atoms with Crippen molar-refractivity contribution in [2.24, 2.45) is 0 Å². The van der Waals surface area contributed by atoms with Crippen molar-refractivity contribution >= 4 is 22.7 Å². The molecule has 1 unspecified atom stereocenters. The summed E-state index contributed by atoms with van der Waals surface area (Å²) in [5.74, 6) is -2.76. The molecular weight excluding hydrogens is 321 g/mol. The molecule has 0 aliphatic carbocycles. The Labute approximate surface area is 135 Å². The summed E-state index contributed by atoms with van der Waals surface area (Å²) in [7, 11) is 0. The van der Waals surface area contributed by atoms with E-state index in [-0.39, 0.29) is 12.0 Å². The molecule has 1 aliphatic rings. The molecule has 0 saturated carbocycles. The monoisotopic (exact) mass is 334 g/mol. The van der Waals surface area contributed by atoms with E-state index in [4.69, 9.17) is 4.74 Å². The van der Waals surface area contributed by atoms with Crippen molar-refractivity contribution < 1.29 is 17.9 Å². The van der Waals surface area contributed by atoms with Gasteiger partial charge in [0, 0.05) is 24.9 Å². The fourth-order valence-electron chi connectivity index (χ4n) is 2.91. The van der Waals surface area contributed by atoms with Crippen LogP contribution in [0.5, 0.6) is 0 Å². The fraction of sp³-hybridized carbons (Fsp3) is 0.250. The Bertz CT molecular complexity index is 882. The number of fused-ring (bicyclic) bond motifs is 1. The molecule has 0 bridgehead atoms. The third-order valence-electron chi connectivity index (χ3n) is 4.01. The Balaban J connectivity index is 1.83. The lowest BCUT2D eigenvalue weighted by Crippen LogP contribution is -2.12. The molecule has 0 amide bonds. The van der Waals surface area contributed by atoms with Gasteiger partial charge >= 0.3 is 0 Å². The van der Waals surface area contributed by atoms with Crippen LogP contribution in [0, 0.1) is 17.5 Å². The van der Waals surface area contributed by atoms with E-state index >= 15 is 0 Å². The quantitative estimate of drug-likeness (QED) is 0.796. The van der Waals surface area contributed by atoms with Crippen molar-refractivity contribution in [2.45, 2.75) is 12.5 Å². The molecule has 1 N–H and O–H groups in total. The number of nitrogens with one attached hydrogen (secondary N) is 1. The molecule has 3 heterocycles. The number of anilines is 2. The van der Waals surface area contributed by atoms with Gasteiger partial charge in [-0.25, -0.2) is 18.2 Å². The zero-order valence-corrected chi connectivity index (χ0v) is 12.5. The van der Waals surface area contributed by atoms with Crippen molar-refractivity contribution in [3.63, 3.8) is 0 Å². The number of ether oxygens (including phenoxy) is 1. The second-order valence-corrected chi connectivity index (χ2v) is 5.56. The number of hydrogen-bond acceptors (Lipinski definition) is 4. The summed E-state index contributed by atoms with van der Waals surface area (Å²) in [4.78, 5) is 8.38. The first-order chi connectivity index (χ1) is 11.6. The first kappa shape index (κ1) is 14.9. The normalized spacial score (nSPS) is 17.5. The summed E-state index contributed by atoms with van der Waals surface area (Å²) in [6.07, 6.45) is 3.96. The van der Waals surface area contributed by atoms with Gasteiger partial charge in [-0.3, -0.25) is 4.98 Å². The van der Waals surface area contributed by atoms with Crippen molar-refractivity contribution in [1.82, 2.24) is 14.5 Å². The number of imidazole rings is 1. The molecule has 24 heavy (non-hydrogen) atoms. The van der Waals surface area contributed by atoms with Crippen molar-refractivity contribution in [3.05, 3.63) is 48.0 Å². The summed E-state index contributed by atoms with van der Waals surface area (Å²) < 4.78 is 48.2. The Hall–Kier alpha value is -2.61. The lowest BCUT2D eigenvalue weighted by Gasteiger charge is -2.16. The maximum Gasteiger partial charge on any atom is 0.208 e. The van der Waals surface area contributed by atoms with Crippen LogP contribution >= 0.6 is 0 Å². The van der Waals surface area contributed by atoms with Gasteiger partial charge in [0.15, 0.2) is 11.6 Å². The van der Waals surface area contributed by atoms with E-state index in [2.05, 4.69) is 15.3 Å². The first-order valence-corrected chi connectivity index (χ1v) is 7.45. The highest BCUT2D eigenvalue weighted by atomic mass is 19.1. The largest absolute Gasteiger partial charge is 0.379 e. The van der Waals surface area contributed by atoms with E-state index in [0.717, 1.165) is 11.9 Å². The van der Waals surface area contributed by atoms with Crippen LogP contribution in [0.15, 0.2) is 30.6 Å². The van der Waals surface area contributed by atoms with E-state index in [1.54, 1.807) is 18.5 Å². The number of pyridine rings is 1. The highest BCUT2D eigenvalue weighted by Crippen LogP contribution is 2.32. The zero-order chi connectivity index (χ0) is 16.7. The van der Waals surface area contributed by atoms with E-state index < -0.39 is 23.1 Å². The molecule has 3 aromatic rings. The van der Waals surface area contributed by atoms with Crippen molar-refractivity contribution in [3.8, 4) is 0 Å². The summed E-state index contributed by atoms with van der Waals surface area (Å²) in [5.41, 5.74) is 0.931. The minimum Gasteiger partial charge on any atom is -0.379 e. The zero-order valence-electron chi connectivity index (χ0n) is 12.5. The van der Waals surface area contributed by atoms with E-state index in [1.165, 1.54) is 0 Å². The van der Waals surface area contributed by atoms with Gasteiger partial charge in [-0.2, -0.15) is 0 Å². The number of benzene rings is 1. The lowest BCUT2D eigenvalue weighted by molar-refractivity contribution is 0.187. The van der Waals surface area contributed by atoms with Crippen molar-refractivity contribution in [2.75, 3.05) is 18.5 Å². The van der Waals surface area contributed by atoms with Crippen LogP contribution in [0.1, 0.15) is 12.5 Å². The maximum absolute atomic E-state index is 13.9. The van der Waals surface area contributed by atoms with Gasteiger partial charge in [-0.05, 0) is 12.5 Å². The van der Waals surface area contributed by atoms with Gasteiger partial charge in [-0.1, -0.05) is 0 Å². The van der Waals surface area contributed by atoms with E-state index in [0.29, 0.717) is 30.9 Å². The SMILES string of the molecule is Fc1cc(F)c(Nc2nc3cnccc3n2C2CCOC2)c(F)c1. The molecule has 8 heteroatoms. The number of aromatic nitrogens is 3. The summed E-state index contributed by atoms with van der Waals surface area (Å²) in [6, 6.07) is 3.02. The van der Waals surface area contributed by atoms with E-state index in [1.807, 2.05) is 4.57 Å². The molecular formula is C16H13F3N4O. The average Bonchev–Trinajstić information content (AvgIpc) is 3.17. The molecule has 4 rings (SSSR count). The molecule has 1 aliphatic heterocycles. The minimum absolute atomic E-state index is 0.00790. The fourth-order valence-corrected chi connectivity index (χ4v) is 2.91. The molecule has 1 saturated heterocycles. The molecule has 0 spiro atoms. The second-order valence-electron chi connectivity index (χ2n) is 5.56. The summed E-state index contributed by atoms with van der Waals surface area (Å²) in [6.45, 7) is 1.09. The Morgan fingerprint density at radius 2 is 2.00 bits per heavy atom. The number of nitrogens with zero attached hydrogens (tertiary/aromatic N) is 3. The van der Waals surface area contributed by atoms with Gasteiger partial charge in [0.2, 0.25) is 5.95 Å². The molecule has 2 aromatic heterocycles. The third kappa shape index (κ3) is 2.48. The van der Waals surface area contributed by atoms with Gasteiger partial charge in [-0.15, -0.1) is 0 Å². The Morgan fingerprint density at radius 3 is 2.71 bits per heavy atom. The molecule has 5 nitrogen and oxygen atoms in total. The first-order valence-electron chi connectivity index (χ1n) is 7.45. The maximum atomic E-state index is 13.9. The van der Waals surface area contributed by atoms with Crippen LogP contribution < -0.4 is 5.32 Å². The lowest BCUT2D eigenvalue weighted by atomic mass is 10.2. The minimum atomic E-state index is -1.02. The van der Waals surface area contributed by atoms with Crippen LogP contribution in [0.4, 0.5) is 24.8 Å². The Morgan fingerprint density at radius 1 is 1.21 bits per heavy atom. The average molecular weight is 334 g/mol. The molecule has 0 radical (unpaired) electrons. The topological polar surface area (TPSA) is 52.0 Å². The number of rotatable bonds is 3.